The summed E-state index contributed by atoms with van der Waals surface area (Å²) in [6.45, 7) is 0.0726. The third-order valence-electron chi connectivity index (χ3n) is 6.69. The van der Waals surface area contributed by atoms with Gasteiger partial charge < -0.3 is 20.3 Å². The molecule has 4 rings (SSSR count). The molecule has 0 bridgehead atoms. The fourth-order valence-corrected chi connectivity index (χ4v) is 4.92. The Morgan fingerprint density at radius 3 is 2.03 bits per heavy atom. The predicted molar refractivity (Wildman–Crippen MR) is 122 cm³/mol. The largest absolute Gasteiger partial charge is 0.480 e. The van der Waals surface area contributed by atoms with Gasteiger partial charge in [0.2, 0.25) is 0 Å². The van der Waals surface area contributed by atoms with Gasteiger partial charge in [0, 0.05) is 18.5 Å². The van der Waals surface area contributed by atoms with E-state index in [-0.39, 0.29) is 19.6 Å². The Morgan fingerprint density at radius 2 is 1.50 bits per heavy atom. The first-order chi connectivity index (χ1) is 15.5. The lowest BCUT2D eigenvalue weighted by Crippen LogP contribution is -2.40. The summed E-state index contributed by atoms with van der Waals surface area (Å²) in [5, 5.41) is 22.3. The summed E-state index contributed by atoms with van der Waals surface area (Å²) in [6.07, 6.45) is 13.1. The molecule has 0 aromatic heterocycles. The number of carbonyl (C=O) groups is 2. The van der Waals surface area contributed by atoms with E-state index < -0.39 is 24.2 Å². The number of β-amino-alcohol motifs (C(OH)–C–C–N with tert-alkyl or cyclic N) is 1. The van der Waals surface area contributed by atoms with E-state index in [1.54, 1.807) is 12.1 Å². The molecule has 3 N–H and O–H groups in total. The monoisotopic (exact) mass is 446 g/mol. The van der Waals surface area contributed by atoms with Crippen molar-refractivity contribution < 1.29 is 24.5 Å². The molecule has 3 aliphatic rings. The summed E-state index contributed by atoms with van der Waals surface area (Å²) in [7, 11) is 0. The fraction of sp³-hybridized carbons (Fsp3) is 0.680. The minimum atomic E-state index is -1.13. The highest BCUT2D eigenvalue weighted by Crippen LogP contribution is 2.23. The summed E-state index contributed by atoms with van der Waals surface area (Å²) in [5.74, 6) is -1.13. The smallest absolute Gasteiger partial charge is 0.410 e. The van der Waals surface area contributed by atoms with E-state index in [1.165, 1.54) is 64.2 Å². The van der Waals surface area contributed by atoms with E-state index in [1.807, 2.05) is 18.2 Å². The highest BCUT2D eigenvalue weighted by molar-refractivity contribution is 5.80. The van der Waals surface area contributed by atoms with E-state index in [0.29, 0.717) is 0 Å². The number of ether oxygens (including phenoxy) is 1. The number of hydrogen-bond donors (Lipinski definition) is 3. The van der Waals surface area contributed by atoms with Crippen LogP contribution in [0.5, 0.6) is 0 Å². The van der Waals surface area contributed by atoms with Crippen molar-refractivity contribution in [3.63, 3.8) is 0 Å². The molecule has 178 valence electrons. The molecule has 2 saturated carbocycles. The Bertz CT molecular complexity index is 686. The molecule has 0 unspecified atom stereocenters. The van der Waals surface area contributed by atoms with E-state index in [4.69, 9.17) is 9.84 Å². The number of aliphatic carboxylic acids is 1. The topological polar surface area (TPSA) is 99.1 Å². The van der Waals surface area contributed by atoms with Crippen molar-refractivity contribution in [1.29, 1.82) is 0 Å². The van der Waals surface area contributed by atoms with Crippen molar-refractivity contribution in [2.75, 3.05) is 6.54 Å². The van der Waals surface area contributed by atoms with E-state index in [2.05, 4.69) is 5.32 Å². The highest BCUT2D eigenvalue weighted by Gasteiger charge is 2.39. The number of rotatable bonds is 5. The molecule has 1 amide bonds. The summed E-state index contributed by atoms with van der Waals surface area (Å²) in [5.41, 5.74) is 0.822. The molecule has 3 fully saturated rings. The maximum absolute atomic E-state index is 11.8. The van der Waals surface area contributed by atoms with Gasteiger partial charge in [0.05, 0.1) is 12.6 Å². The van der Waals surface area contributed by atoms with Crippen LogP contribution in [-0.4, -0.2) is 57.9 Å². The average molecular weight is 447 g/mol. The molecule has 2 aliphatic carbocycles. The molecule has 2 atom stereocenters. The normalized spacial score (nSPS) is 24.5. The Balaban J connectivity index is 0.000000193. The SMILES string of the molecule is C1CCC(NC2CCCCC2)CC1.O=C(O)[C@@H]1C[C@H](O)CN1C(=O)OCc1ccccc1. The number of nitrogens with zero attached hydrogens (tertiary/aromatic N) is 1. The van der Waals surface area contributed by atoms with Gasteiger partial charge in [-0.2, -0.15) is 0 Å². The van der Waals surface area contributed by atoms with Crippen LogP contribution in [0.15, 0.2) is 30.3 Å². The number of carboxylic acid groups (broad SMARTS) is 1. The van der Waals surface area contributed by atoms with Gasteiger partial charge in [-0.15, -0.1) is 0 Å². The number of aliphatic hydroxyl groups is 1. The van der Waals surface area contributed by atoms with Gasteiger partial charge in [0.15, 0.2) is 0 Å². The standard InChI is InChI=1S/C13H15NO5.C12H23N/c15-10-6-11(12(16)17)14(7-10)13(18)19-8-9-4-2-1-3-5-9;1-3-7-11(8-4-1)13-12-9-5-2-6-10-12/h1-5,10-11,15H,6-8H2,(H,16,17);11-13H,1-10H2/t10-,11-;/m0./s1. The summed E-state index contributed by atoms with van der Waals surface area (Å²) in [4.78, 5) is 23.8. The number of benzene rings is 1. The zero-order chi connectivity index (χ0) is 22.8. The highest BCUT2D eigenvalue weighted by atomic mass is 16.6. The van der Waals surface area contributed by atoms with Crippen molar-refractivity contribution >= 4 is 12.1 Å². The first kappa shape index (κ1) is 24.5. The molecule has 0 radical (unpaired) electrons. The number of amides is 1. The van der Waals surface area contributed by atoms with Gasteiger partial charge in [-0.1, -0.05) is 68.9 Å². The van der Waals surface area contributed by atoms with Crippen LogP contribution < -0.4 is 5.32 Å². The molecular weight excluding hydrogens is 408 g/mol. The lowest BCUT2D eigenvalue weighted by molar-refractivity contribution is -0.141. The number of likely N-dealkylation sites (tertiary alicyclic amines) is 1. The van der Waals surface area contributed by atoms with Crippen molar-refractivity contribution in [3.8, 4) is 0 Å². The fourth-order valence-electron chi connectivity index (χ4n) is 4.92. The Labute approximate surface area is 191 Å². The molecule has 1 aromatic carbocycles. The lowest BCUT2D eigenvalue weighted by atomic mass is 9.91. The molecule has 1 saturated heterocycles. The van der Waals surface area contributed by atoms with Crippen LogP contribution in [-0.2, 0) is 16.1 Å². The zero-order valence-corrected chi connectivity index (χ0v) is 19.0. The third kappa shape index (κ3) is 7.78. The first-order valence-electron chi connectivity index (χ1n) is 12.2. The molecular formula is C25H38N2O5. The predicted octanol–water partition coefficient (Wildman–Crippen LogP) is 4.08. The van der Waals surface area contributed by atoms with E-state index in [9.17, 15) is 14.7 Å². The van der Waals surface area contributed by atoms with Crippen molar-refractivity contribution in [3.05, 3.63) is 35.9 Å². The van der Waals surface area contributed by atoms with Gasteiger partial charge in [0.25, 0.3) is 0 Å². The minimum absolute atomic E-state index is 0.00934. The maximum atomic E-state index is 11.8. The lowest BCUT2D eigenvalue weighted by Gasteiger charge is -2.30. The van der Waals surface area contributed by atoms with Crippen molar-refractivity contribution in [1.82, 2.24) is 10.2 Å². The summed E-state index contributed by atoms with van der Waals surface area (Å²) in [6, 6.07) is 9.84. The van der Waals surface area contributed by atoms with Gasteiger partial charge >= 0.3 is 12.1 Å². The second kappa shape index (κ2) is 12.8. The van der Waals surface area contributed by atoms with Crippen molar-refractivity contribution in [2.24, 2.45) is 0 Å². The quantitative estimate of drug-likeness (QED) is 0.630. The first-order valence-corrected chi connectivity index (χ1v) is 12.2. The molecule has 32 heavy (non-hydrogen) atoms. The summed E-state index contributed by atoms with van der Waals surface area (Å²) >= 11 is 0. The molecule has 1 aliphatic heterocycles. The van der Waals surface area contributed by atoms with E-state index >= 15 is 0 Å². The number of carboxylic acids is 1. The molecule has 0 spiro atoms. The molecule has 1 aromatic rings. The van der Waals surface area contributed by atoms with Crippen LogP contribution in [0.4, 0.5) is 4.79 Å². The minimum Gasteiger partial charge on any atom is -0.480 e. The van der Waals surface area contributed by atoms with Gasteiger partial charge in [0.1, 0.15) is 12.6 Å². The van der Waals surface area contributed by atoms with Crippen LogP contribution in [0, 0.1) is 0 Å². The van der Waals surface area contributed by atoms with Crippen LogP contribution in [0.1, 0.15) is 76.2 Å². The third-order valence-corrected chi connectivity index (χ3v) is 6.69. The average Bonchev–Trinajstić information content (AvgIpc) is 3.22. The zero-order valence-electron chi connectivity index (χ0n) is 19.0. The molecule has 7 heteroatoms. The number of carbonyl (C=O) groups excluding carboxylic acids is 1. The number of nitrogens with one attached hydrogen (secondary N) is 1. The van der Waals surface area contributed by atoms with E-state index in [0.717, 1.165) is 22.5 Å². The number of aliphatic hydroxyl groups excluding tert-OH is 1. The van der Waals surface area contributed by atoms with Crippen molar-refractivity contribution in [2.45, 2.75) is 101 Å². The second-order valence-corrected chi connectivity index (χ2v) is 9.27. The number of hydrogen-bond acceptors (Lipinski definition) is 5. The van der Waals surface area contributed by atoms with Gasteiger partial charge in [-0.3, -0.25) is 4.90 Å². The molecule has 7 nitrogen and oxygen atoms in total. The van der Waals surface area contributed by atoms with Crippen LogP contribution >= 0.6 is 0 Å². The van der Waals surface area contributed by atoms with Crippen LogP contribution in [0.2, 0.25) is 0 Å². The molecule has 1 heterocycles. The van der Waals surface area contributed by atoms with Gasteiger partial charge in [-0.25, -0.2) is 9.59 Å². The van der Waals surface area contributed by atoms with Gasteiger partial charge in [-0.05, 0) is 31.2 Å². The second-order valence-electron chi connectivity index (χ2n) is 9.27. The van der Waals surface area contributed by atoms with Crippen LogP contribution in [0.3, 0.4) is 0 Å². The Kier molecular flexibility index (Phi) is 9.81. The Morgan fingerprint density at radius 1 is 0.938 bits per heavy atom. The Hall–Kier alpha value is -2.12. The van der Waals surface area contributed by atoms with Crippen LogP contribution in [0.25, 0.3) is 0 Å². The summed E-state index contributed by atoms with van der Waals surface area (Å²) < 4.78 is 5.05. The maximum Gasteiger partial charge on any atom is 0.410 e.